The summed E-state index contributed by atoms with van der Waals surface area (Å²) in [5, 5.41) is 10.5. The topological polar surface area (TPSA) is 88.8 Å². The van der Waals surface area contributed by atoms with Gasteiger partial charge in [-0.05, 0) is 53.0 Å². The van der Waals surface area contributed by atoms with Crippen LogP contribution in [0, 0.1) is 27.7 Å². The van der Waals surface area contributed by atoms with Gasteiger partial charge in [-0.1, -0.05) is 0 Å². The van der Waals surface area contributed by atoms with Crippen molar-refractivity contribution in [2.24, 2.45) is 7.05 Å². The molecule has 0 aromatic carbocycles. The Kier molecular flexibility index (Phi) is 6.36. The molecule has 4 rings (SSSR count). The van der Waals surface area contributed by atoms with E-state index in [-0.39, 0.29) is 11.9 Å². The maximum Gasteiger partial charge on any atom is 0.247 e. The number of aryl methyl sites for hydroxylation is 4. The predicted molar refractivity (Wildman–Crippen MR) is 127 cm³/mol. The molecule has 1 atom stereocenters. The highest BCUT2D eigenvalue weighted by molar-refractivity contribution is 7.13. The Balaban J connectivity index is 1.57. The largest absolute Gasteiger partial charge is 0.331 e. The Bertz CT molecular complexity index is 1160. The number of hydrogen-bond acceptors (Lipinski definition) is 7. The van der Waals surface area contributed by atoms with Gasteiger partial charge in [0.05, 0.1) is 23.1 Å². The Labute approximate surface area is 192 Å². The van der Waals surface area contributed by atoms with E-state index in [1.54, 1.807) is 17.4 Å². The smallest absolute Gasteiger partial charge is 0.247 e. The van der Waals surface area contributed by atoms with Crippen molar-refractivity contribution in [1.82, 2.24) is 29.6 Å². The van der Waals surface area contributed by atoms with Gasteiger partial charge < -0.3 is 10.2 Å². The summed E-state index contributed by atoms with van der Waals surface area (Å²) in [4.78, 5) is 28.8. The Hall–Kier alpha value is -3.07. The number of carbonyl (C=O) groups is 1. The number of likely N-dealkylation sites (tertiary alicyclic amines) is 1. The maximum absolute atomic E-state index is 13.2. The molecule has 9 heteroatoms. The van der Waals surface area contributed by atoms with Crippen LogP contribution in [0.15, 0.2) is 17.5 Å². The second-order valence-electron chi connectivity index (χ2n) is 8.23. The van der Waals surface area contributed by atoms with Crippen LogP contribution in [0.3, 0.4) is 0 Å². The molecule has 1 N–H and O–H groups in total. The number of nitrogens with zero attached hydrogens (tertiary/aromatic N) is 6. The van der Waals surface area contributed by atoms with Crippen molar-refractivity contribution in [2.45, 2.75) is 53.0 Å². The molecule has 8 nitrogen and oxygen atoms in total. The third kappa shape index (κ3) is 4.72. The molecular formula is C23H29N7OS. The van der Waals surface area contributed by atoms with E-state index in [2.05, 4.69) is 25.4 Å². The fourth-order valence-electron chi connectivity index (χ4n) is 4.13. The van der Waals surface area contributed by atoms with Crippen LogP contribution in [0.5, 0.6) is 0 Å². The van der Waals surface area contributed by atoms with Crippen LogP contribution in [-0.2, 0) is 11.8 Å². The molecule has 0 unspecified atom stereocenters. The highest BCUT2D eigenvalue weighted by Crippen LogP contribution is 2.32. The van der Waals surface area contributed by atoms with Gasteiger partial charge >= 0.3 is 0 Å². The van der Waals surface area contributed by atoms with E-state index in [0.717, 1.165) is 59.3 Å². The zero-order valence-corrected chi connectivity index (χ0v) is 20.0. The minimum atomic E-state index is -0.0720. The molecule has 0 bridgehead atoms. The van der Waals surface area contributed by atoms with E-state index >= 15 is 0 Å². The van der Waals surface area contributed by atoms with Gasteiger partial charge in [0.2, 0.25) is 5.91 Å². The molecule has 0 aliphatic carbocycles. The van der Waals surface area contributed by atoms with Crippen molar-refractivity contribution < 1.29 is 4.79 Å². The molecule has 1 saturated heterocycles. The van der Waals surface area contributed by atoms with Crippen LogP contribution >= 0.6 is 11.3 Å². The van der Waals surface area contributed by atoms with Crippen molar-refractivity contribution in [3.63, 3.8) is 0 Å². The van der Waals surface area contributed by atoms with Gasteiger partial charge in [-0.2, -0.15) is 5.10 Å². The first kappa shape index (κ1) is 22.1. The van der Waals surface area contributed by atoms with Gasteiger partial charge in [-0.15, -0.1) is 11.3 Å². The molecule has 168 valence electrons. The Morgan fingerprint density at radius 2 is 2.00 bits per heavy atom. The molecule has 0 radical (unpaired) electrons. The van der Waals surface area contributed by atoms with E-state index in [9.17, 15) is 4.79 Å². The summed E-state index contributed by atoms with van der Waals surface area (Å²) in [5.41, 5.74) is 4.80. The van der Waals surface area contributed by atoms with Crippen molar-refractivity contribution in [3.05, 3.63) is 51.7 Å². The molecule has 4 heterocycles. The first-order valence-corrected chi connectivity index (χ1v) is 11.7. The first-order valence-electron chi connectivity index (χ1n) is 10.9. The number of carbonyl (C=O) groups excluding carboxylic acids is 1. The maximum atomic E-state index is 13.2. The summed E-state index contributed by atoms with van der Waals surface area (Å²) < 4.78 is 1.84. The minimum absolute atomic E-state index is 0.00123. The van der Waals surface area contributed by atoms with Crippen LogP contribution in [0.2, 0.25) is 0 Å². The van der Waals surface area contributed by atoms with Gasteiger partial charge in [0.25, 0.3) is 0 Å². The molecule has 0 spiro atoms. The monoisotopic (exact) mass is 451 g/mol. The van der Waals surface area contributed by atoms with Crippen LogP contribution in [-0.4, -0.2) is 42.1 Å². The number of thiazole rings is 1. The molecule has 3 aromatic rings. The van der Waals surface area contributed by atoms with Gasteiger partial charge in [0.1, 0.15) is 11.6 Å². The average molecular weight is 452 g/mol. The van der Waals surface area contributed by atoms with Crippen molar-refractivity contribution in [2.75, 3.05) is 11.9 Å². The third-order valence-electron chi connectivity index (χ3n) is 5.80. The number of rotatable bonds is 5. The van der Waals surface area contributed by atoms with Crippen molar-refractivity contribution in [1.29, 1.82) is 0 Å². The highest BCUT2D eigenvalue weighted by atomic mass is 32.1. The van der Waals surface area contributed by atoms with Crippen molar-refractivity contribution in [3.8, 4) is 0 Å². The quantitative estimate of drug-likeness (QED) is 0.578. The lowest BCUT2D eigenvalue weighted by Gasteiger charge is -2.35. The first-order chi connectivity index (χ1) is 15.3. The fraction of sp³-hybridized carbons (Fsp3) is 0.435. The molecule has 1 aliphatic heterocycles. The van der Waals surface area contributed by atoms with Gasteiger partial charge in [-0.25, -0.2) is 15.0 Å². The molecule has 3 aromatic heterocycles. The van der Waals surface area contributed by atoms with E-state index in [0.29, 0.717) is 11.6 Å². The minimum Gasteiger partial charge on any atom is -0.331 e. The normalized spacial score (nSPS) is 16.7. The zero-order chi connectivity index (χ0) is 22.8. The number of piperidine rings is 1. The third-order valence-corrected chi connectivity index (χ3v) is 6.67. The van der Waals surface area contributed by atoms with E-state index in [1.165, 1.54) is 0 Å². The number of anilines is 2. The Morgan fingerprint density at radius 1 is 1.19 bits per heavy atom. The van der Waals surface area contributed by atoms with E-state index < -0.39 is 0 Å². The lowest BCUT2D eigenvalue weighted by Crippen LogP contribution is -2.38. The SMILES string of the molecule is Cc1csc(Nc2cc([C@H]3CCCCN3C(=O)/C=C/c3c(C)nn(C)c3C)nc(C)n2)n1. The summed E-state index contributed by atoms with van der Waals surface area (Å²) in [5.74, 6) is 1.38. The van der Waals surface area contributed by atoms with Gasteiger partial charge in [-0.3, -0.25) is 9.48 Å². The summed E-state index contributed by atoms with van der Waals surface area (Å²) in [7, 11) is 1.91. The van der Waals surface area contributed by atoms with Crippen molar-refractivity contribution >= 4 is 34.3 Å². The molecule has 0 saturated carbocycles. The van der Waals surface area contributed by atoms with E-state index in [4.69, 9.17) is 0 Å². The number of amides is 1. The predicted octanol–water partition coefficient (Wildman–Crippen LogP) is 4.41. The van der Waals surface area contributed by atoms with Crippen LogP contribution in [0.4, 0.5) is 10.9 Å². The summed E-state index contributed by atoms with van der Waals surface area (Å²) >= 11 is 1.54. The lowest BCUT2D eigenvalue weighted by molar-refractivity contribution is -0.129. The number of nitrogens with one attached hydrogen (secondary N) is 1. The van der Waals surface area contributed by atoms with Crippen LogP contribution < -0.4 is 5.32 Å². The highest BCUT2D eigenvalue weighted by Gasteiger charge is 2.28. The summed E-state index contributed by atoms with van der Waals surface area (Å²) in [6.45, 7) is 8.53. The summed E-state index contributed by atoms with van der Waals surface area (Å²) in [6.07, 6.45) is 6.50. The number of aromatic nitrogens is 5. The molecule has 1 amide bonds. The lowest BCUT2D eigenvalue weighted by atomic mass is 9.98. The summed E-state index contributed by atoms with van der Waals surface area (Å²) in [6, 6.07) is 1.87. The average Bonchev–Trinajstić information content (AvgIpc) is 3.27. The zero-order valence-electron chi connectivity index (χ0n) is 19.2. The van der Waals surface area contributed by atoms with Crippen LogP contribution in [0.25, 0.3) is 6.08 Å². The second-order valence-corrected chi connectivity index (χ2v) is 9.09. The van der Waals surface area contributed by atoms with Gasteiger partial charge in [0, 0.05) is 42.4 Å². The molecule has 1 fully saturated rings. The fourth-order valence-corrected chi connectivity index (χ4v) is 4.83. The molecule has 1 aliphatic rings. The standard InChI is InChI=1S/C23H29N7OS/c1-14-13-32-23(24-14)27-21-12-19(25-17(4)26-21)20-8-6-7-11-30(20)22(31)10-9-18-15(2)28-29(5)16(18)3/h9-10,12-13,20H,6-8,11H2,1-5H3,(H,24,25,26,27)/b10-9+/t20-/m1/s1. The Morgan fingerprint density at radius 3 is 2.69 bits per heavy atom. The molecular weight excluding hydrogens is 422 g/mol. The van der Waals surface area contributed by atoms with E-state index in [1.807, 2.05) is 61.8 Å². The molecule has 32 heavy (non-hydrogen) atoms. The van der Waals surface area contributed by atoms with Gasteiger partial charge in [0.15, 0.2) is 5.13 Å². The van der Waals surface area contributed by atoms with Crippen LogP contribution in [0.1, 0.15) is 59.5 Å². The number of hydrogen-bond donors (Lipinski definition) is 1. The second kappa shape index (κ2) is 9.20.